The van der Waals surface area contributed by atoms with Gasteiger partial charge in [-0.25, -0.2) is 18.5 Å². The van der Waals surface area contributed by atoms with Crippen molar-refractivity contribution in [1.29, 1.82) is 0 Å². The lowest BCUT2D eigenvalue weighted by Gasteiger charge is -2.16. The van der Waals surface area contributed by atoms with Crippen LogP contribution in [0.1, 0.15) is 15.4 Å². The van der Waals surface area contributed by atoms with Gasteiger partial charge in [-0.1, -0.05) is 0 Å². The molecule has 0 saturated carbocycles. The van der Waals surface area contributed by atoms with Crippen LogP contribution >= 0.6 is 11.3 Å². The lowest BCUT2D eigenvalue weighted by molar-refractivity contribution is 0.0996. The van der Waals surface area contributed by atoms with Crippen LogP contribution in [0.2, 0.25) is 0 Å². The van der Waals surface area contributed by atoms with Crippen LogP contribution in [0.5, 0.6) is 0 Å². The van der Waals surface area contributed by atoms with E-state index in [1.54, 1.807) is 19.5 Å². The lowest BCUT2D eigenvalue weighted by Crippen LogP contribution is -2.26. The number of amides is 1. The summed E-state index contributed by atoms with van der Waals surface area (Å²) in [4.78, 5) is 18.3. The fourth-order valence-corrected chi connectivity index (χ4v) is 2.93. The van der Waals surface area contributed by atoms with Crippen molar-refractivity contribution in [2.45, 2.75) is 11.8 Å². The van der Waals surface area contributed by atoms with Gasteiger partial charge in [0.2, 0.25) is 10.0 Å². The summed E-state index contributed by atoms with van der Waals surface area (Å²) in [5, 5.41) is 5.02. The minimum atomic E-state index is -3.73. The molecule has 0 aliphatic carbocycles. The zero-order valence-electron chi connectivity index (χ0n) is 10.9. The number of sulfonamides is 1. The zero-order valence-corrected chi connectivity index (χ0v) is 12.5. The van der Waals surface area contributed by atoms with Crippen molar-refractivity contribution in [2.75, 3.05) is 11.9 Å². The third-order valence-electron chi connectivity index (χ3n) is 2.80. The van der Waals surface area contributed by atoms with Gasteiger partial charge in [0.1, 0.15) is 4.88 Å². The Morgan fingerprint density at radius 2 is 1.90 bits per heavy atom. The number of hydrogen-bond acceptors (Lipinski definition) is 5. The van der Waals surface area contributed by atoms with E-state index in [0.29, 0.717) is 16.3 Å². The first-order valence-electron chi connectivity index (χ1n) is 5.61. The van der Waals surface area contributed by atoms with Gasteiger partial charge in [-0.05, 0) is 31.2 Å². The third kappa shape index (κ3) is 2.87. The van der Waals surface area contributed by atoms with Crippen LogP contribution in [-0.2, 0) is 10.0 Å². The number of hydrogen-bond donors (Lipinski definition) is 1. The van der Waals surface area contributed by atoms with E-state index in [1.165, 1.54) is 40.5 Å². The molecule has 2 N–H and O–H groups in total. The third-order valence-corrected chi connectivity index (χ3v) is 4.64. The summed E-state index contributed by atoms with van der Waals surface area (Å²) in [7, 11) is -2.11. The van der Waals surface area contributed by atoms with Gasteiger partial charge < -0.3 is 4.90 Å². The molecule has 1 heterocycles. The second-order valence-electron chi connectivity index (χ2n) is 4.17. The van der Waals surface area contributed by atoms with Gasteiger partial charge in [0.05, 0.1) is 16.1 Å². The first kappa shape index (κ1) is 14.6. The lowest BCUT2D eigenvalue weighted by atomic mass is 10.2. The Balaban J connectivity index is 2.28. The molecule has 2 rings (SSSR count). The molecular weight excluding hydrogens is 298 g/mol. The minimum Gasteiger partial charge on any atom is -0.311 e. The molecular formula is C12H13N3O3S2. The molecule has 106 valence electrons. The smallest absolute Gasteiger partial charge is 0.269 e. The molecule has 0 bridgehead atoms. The van der Waals surface area contributed by atoms with E-state index in [4.69, 9.17) is 5.14 Å². The fourth-order valence-electron chi connectivity index (χ4n) is 1.64. The summed E-state index contributed by atoms with van der Waals surface area (Å²) in [6.07, 6.45) is 0. The van der Waals surface area contributed by atoms with Gasteiger partial charge in [-0.2, -0.15) is 0 Å². The maximum atomic E-state index is 12.3. The van der Waals surface area contributed by atoms with E-state index in [0.717, 1.165) is 0 Å². The van der Waals surface area contributed by atoms with Crippen LogP contribution in [0.3, 0.4) is 0 Å². The molecule has 6 nitrogen and oxygen atoms in total. The Morgan fingerprint density at radius 1 is 1.30 bits per heavy atom. The van der Waals surface area contributed by atoms with E-state index in [-0.39, 0.29) is 10.8 Å². The number of carbonyl (C=O) groups excluding carboxylic acids is 1. The van der Waals surface area contributed by atoms with Gasteiger partial charge in [-0.3, -0.25) is 4.79 Å². The predicted molar refractivity (Wildman–Crippen MR) is 77.4 cm³/mol. The van der Waals surface area contributed by atoms with Gasteiger partial charge in [-0.15, -0.1) is 11.3 Å². The molecule has 0 radical (unpaired) electrons. The topological polar surface area (TPSA) is 93.4 Å². The summed E-state index contributed by atoms with van der Waals surface area (Å²) >= 11 is 1.27. The van der Waals surface area contributed by atoms with Crippen molar-refractivity contribution in [3.05, 3.63) is 40.3 Å². The van der Waals surface area contributed by atoms with Crippen LogP contribution in [0, 0.1) is 6.92 Å². The van der Waals surface area contributed by atoms with Gasteiger partial charge in [0.25, 0.3) is 5.91 Å². The van der Waals surface area contributed by atoms with Crippen LogP contribution < -0.4 is 10.0 Å². The Labute approximate surface area is 120 Å². The van der Waals surface area contributed by atoms with E-state index in [2.05, 4.69) is 4.98 Å². The highest BCUT2D eigenvalue weighted by molar-refractivity contribution is 7.89. The summed E-state index contributed by atoms with van der Waals surface area (Å²) in [6.45, 7) is 1.77. The average Bonchev–Trinajstić information content (AvgIpc) is 2.82. The van der Waals surface area contributed by atoms with E-state index in [9.17, 15) is 13.2 Å². The molecule has 0 aliphatic heterocycles. The number of carbonyl (C=O) groups is 1. The van der Waals surface area contributed by atoms with Gasteiger partial charge >= 0.3 is 0 Å². The fraction of sp³-hybridized carbons (Fsp3) is 0.167. The van der Waals surface area contributed by atoms with Gasteiger partial charge in [0, 0.05) is 12.7 Å². The standard InChI is InChI=1S/C12H13N3O3S2/c1-8-11(19-7-14-8)12(16)15(2)9-3-5-10(6-4-9)20(13,17)18/h3-7H,1-2H3,(H2,13,17,18). The van der Waals surface area contributed by atoms with E-state index >= 15 is 0 Å². The number of aryl methyl sites for hydroxylation is 1. The van der Waals surface area contributed by atoms with Crippen LogP contribution in [0.4, 0.5) is 5.69 Å². The summed E-state index contributed by atoms with van der Waals surface area (Å²) in [5.74, 6) is -0.187. The molecule has 2 aromatic rings. The second kappa shape index (κ2) is 5.31. The molecule has 0 fully saturated rings. The predicted octanol–water partition coefficient (Wildman–Crippen LogP) is 1.38. The van der Waals surface area contributed by atoms with Crippen LogP contribution in [0.25, 0.3) is 0 Å². The van der Waals surface area contributed by atoms with Gasteiger partial charge in [0.15, 0.2) is 0 Å². The van der Waals surface area contributed by atoms with E-state index in [1.807, 2.05) is 0 Å². The molecule has 1 aromatic heterocycles. The molecule has 0 aliphatic rings. The Kier molecular flexibility index (Phi) is 3.89. The average molecular weight is 311 g/mol. The number of nitrogens with zero attached hydrogens (tertiary/aromatic N) is 2. The Morgan fingerprint density at radius 3 is 2.35 bits per heavy atom. The second-order valence-corrected chi connectivity index (χ2v) is 6.59. The van der Waals surface area contributed by atoms with Crippen LogP contribution in [0.15, 0.2) is 34.7 Å². The SMILES string of the molecule is Cc1ncsc1C(=O)N(C)c1ccc(S(N)(=O)=O)cc1. The molecule has 0 spiro atoms. The Hall–Kier alpha value is -1.77. The number of rotatable bonds is 3. The number of nitrogens with two attached hydrogens (primary N) is 1. The summed E-state index contributed by atoms with van der Waals surface area (Å²) in [5.41, 5.74) is 2.86. The number of aromatic nitrogens is 1. The van der Waals surface area contributed by atoms with E-state index < -0.39 is 10.0 Å². The largest absolute Gasteiger partial charge is 0.311 e. The number of benzene rings is 1. The molecule has 8 heteroatoms. The first-order valence-corrected chi connectivity index (χ1v) is 8.04. The maximum Gasteiger partial charge on any atom is 0.269 e. The highest BCUT2D eigenvalue weighted by Gasteiger charge is 2.18. The Bertz CT molecular complexity index is 736. The van der Waals surface area contributed by atoms with Crippen molar-refractivity contribution in [3.8, 4) is 0 Å². The van der Waals surface area contributed by atoms with Crippen molar-refractivity contribution >= 4 is 33.0 Å². The van der Waals surface area contributed by atoms with Crippen molar-refractivity contribution < 1.29 is 13.2 Å². The minimum absolute atomic E-state index is 0.0102. The highest BCUT2D eigenvalue weighted by Crippen LogP contribution is 2.21. The molecule has 1 amide bonds. The quantitative estimate of drug-likeness (QED) is 0.926. The molecule has 1 aromatic carbocycles. The van der Waals surface area contributed by atoms with Crippen molar-refractivity contribution in [3.63, 3.8) is 0 Å². The molecule has 0 saturated heterocycles. The highest BCUT2D eigenvalue weighted by atomic mass is 32.2. The van der Waals surface area contributed by atoms with Crippen molar-refractivity contribution in [2.24, 2.45) is 5.14 Å². The first-order chi connectivity index (χ1) is 9.30. The van der Waals surface area contributed by atoms with Crippen LogP contribution in [-0.4, -0.2) is 26.4 Å². The molecule has 0 atom stereocenters. The molecule has 0 unspecified atom stereocenters. The number of anilines is 1. The number of primary sulfonamides is 1. The monoisotopic (exact) mass is 311 g/mol. The van der Waals surface area contributed by atoms with Crippen molar-refractivity contribution in [1.82, 2.24) is 4.98 Å². The summed E-state index contributed by atoms with van der Waals surface area (Å²) in [6, 6.07) is 5.81. The normalized spacial score (nSPS) is 11.3. The number of thiazole rings is 1. The maximum absolute atomic E-state index is 12.3. The molecule has 20 heavy (non-hydrogen) atoms. The zero-order chi connectivity index (χ0) is 14.9. The summed E-state index contributed by atoms with van der Waals surface area (Å²) < 4.78 is 22.3.